The standard InChI is InChI=1S/C50H62N8O21S/c1-21-18-58-40(41(21)65)47(71)52-17-24(60)14-31(53-50(74)78-20-30-28-9-5-3-7-26(28)27-8-4-6-10-29(27)30)44(68)54-37(22(2)59)48(72)57-19-25(61)15-32(57)45(69)56-39(46(70)55-38(49(58)73)34(63)16-36(51)64)43(67)42(66)23-11-12-33(62)35(13-23)79-80(75,76)77/h3-13,21-22,24-25,30-32,34,37-43,59-63,65-67H,14-20H2,1-2H3,(H2,51,64)(H,52,71)(H,53,74)(H,54,68)(H,55,70)(H,56,69)(H,75,76,77)/t21-,22+,24-,25+,31-,32?,34+,37?,38?,39?,40?,41-,42-,43-/m0/s1. The van der Waals surface area contributed by atoms with Gasteiger partial charge in [0.25, 0.3) is 0 Å². The van der Waals surface area contributed by atoms with Crippen LogP contribution in [0.25, 0.3) is 11.1 Å². The number of fused-ring (bicyclic) bond motifs is 5. The van der Waals surface area contributed by atoms with Crippen LogP contribution in [0, 0.1) is 5.92 Å². The summed E-state index contributed by atoms with van der Waals surface area (Å²) in [5.74, 6) is -12.7. The van der Waals surface area contributed by atoms with E-state index in [-0.39, 0.29) is 6.61 Å². The van der Waals surface area contributed by atoms with Gasteiger partial charge in [0, 0.05) is 44.3 Å². The van der Waals surface area contributed by atoms with E-state index in [1.165, 1.54) is 6.92 Å². The topological polar surface area (TPSA) is 464 Å². The van der Waals surface area contributed by atoms with Gasteiger partial charge in [0.1, 0.15) is 55.1 Å². The number of rotatable bonds is 12. The number of carbonyl (C=O) groups is 8. The van der Waals surface area contributed by atoms with Crippen molar-refractivity contribution in [2.75, 3.05) is 26.2 Å². The first kappa shape index (κ1) is 60.1. The molecule has 7 rings (SSSR count). The highest BCUT2D eigenvalue weighted by Gasteiger charge is 2.50. The number of carbonyl (C=O) groups excluding carboxylic acids is 8. The number of hydrogen-bond acceptors (Lipinski definition) is 20. The van der Waals surface area contributed by atoms with E-state index >= 15 is 0 Å². The van der Waals surface area contributed by atoms with E-state index in [0.717, 1.165) is 41.3 Å². The van der Waals surface area contributed by atoms with Gasteiger partial charge in [-0.05, 0) is 46.9 Å². The highest BCUT2D eigenvalue weighted by molar-refractivity contribution is 7.81. The molecule has 8 amide bonds. The molecular formula is C50H62N8O21S. The van der Waals surface area contributed by atoms with Gasteiger partial charge in [-0.25, -0.2) is 4.79 Å². The molecule has 4 aliphatic rings. The average Bonchev–Trinajstić information content (AvgIpc) is 4.05. The number of aliphatic hydroxyl groups excluding tert-OH is 7. The fourth-order valence-electron chi connectivity index (χ4n) is 10.3. The second-order valence-corrected chi connectivity index (χ2v) is 21.1. The molecule has 1 aliphatic carbocycles. The second-order valence-electron chi connectivity index (χ2n) is 20.1. The second kappa shape index (κ2) is 24.9. The van der Waals surface area contributed by atoms with Gasteiger partial charge in [-0.1, -0.05) is 61.5 Å². The normalized spacial score (nSPS) is 27.8. The van der Waals surface area contributed by atoms with Crippen molar-refractivity contribution in [2.24, 2.45) is 11.7 Å². The number of hydrogen-bond donors (Lipinski definition) is 15. The molecule has 3 saturated heterocycles. The summed E-state index contributed by atoms with van der Waals surface area (Å²) in [6, 6.07) is 4.49. The minimum absolute atomic E-state index is 0.248. The first-order chi connectivity index (χ1) is 37.6. The van der Waals surface area contributed by atoms with Crippen LogP contribution in [-0.2, 0) is 48.7 Å². The summed E-state index contributed by atoms with van der Waals surface area (Å²) in [5, 5.41) is 101. The number of phenolic OH excluding ortho intramolecular Hbond substituents is 1. The number of amides is 8. The van der Waals surface area contributed by atoms with Gasteiger partial charge in [0.15, 0.2) is 11.5 Å². The summed E-state index contributed by atoms with van der Waals surface area (Å²) in [7, 11) is -5.33. The smallest absolute Gasteiger partial charge is 0.446 e. The number of β-amino-alcohol motifs (C(OH)–C–C–N with tert-alkyl or cyclic N) is 1. The third-order valence-electron chi connectivity index (χ3n) is 14.3. The Morgan fingerprint density at radius 3 is 1.99 bits per heavy atom. The number of primary amides is 1. The average molecular weight is 1140 g/mol. The molecule has 3 fully saturated rings. The van der Waals surface area contributed by atoms with E-state index in [0.29, 0.717) is 15.9 Å². The summed E-state index contributed by atoms with van der Waals surface area (Å²) in [6.07, 6.45) is -17.8. The van der Waals surface area contributed by atoms with Crippen molar-refractivity contribution in [3.05, 3.63) is 83.4 Å². The minimum atomic E-state index is -5.33. The van der Waals surface area contributed by atoms with Gasteiger partial charge < -0.3 is 91.9 Å². The fourth-order valence-corrected chi connectivity index (χ4v) is 10.6. The molecule has 3 aromatic carbocycles. The van der Waals surface area contributed by atoms with Gasteiger partial charge in [-0.2, -0.15) is 8.42 Å². The molecule has 5 unspecified atom stereocenters. The predicted molar refractivity (Wildman–Crippen MR) is 271 cm³/mol. The number of nitrogens with one attached hydrogen (secondary N) is 5. The van der Waals surface area contributed by atoms with Crippen molar-refractivity contribution in [3.8, 4) is 22.6 Å². The minimum Gasteiger partial charge on any atom is -0.504 e. The molecule has 0 radical (unpaired) electrons. The Hall–Kier alpha value is -7.55. The molecule has 3 aliphatic heterocycles. The zero-order valence-electron chi connectivity index (χ0n) is 42.8. The summed E-state index contributed by atoms with van der Waals surface area (Å²) >= 11 is 0. The Labute approximate surface area is 456 Å². The van der Waals surface area contributed by atoms with Crippen LogP contribution < -0.4 is 36.5 Å². The number of nitrogens with zero attached hydrogens (tertiary/aromatic N) is 2. The lowest BCUT2D eigenvalue weighted by molar-refractivity contribution is -0.148. The third-order valence-corrected chi connectivity index (χ3v) is 14.7. The van der Waals surface area contributed by atoms with Crippen molar-refractivity contribution in [1.82, 2.24) is 36.4 Å². The lowest BCUT2D eigenvalue weighted by Gasteiger charge is -2.34. The molecule has 29 nitrogen and oxygen atoms in total. The van der Waals surface area contributed by atoms with Gasteiger partial charge in [0.2, 0.25) is 41.4 Å². The van der Waals surface area contributed by atoms with Crippen LogP contribution in [0.2, 0.25) is 0 Å². The third kappa shape index (κ3) is 13.5. The van der Waals surface area contributed by atoms with Gasteiger partial charge in [-0.3, -0.25) is 38.1 Å². The SMILES string of the molecule is C[C@@H](O)C1NC(=O)[C@@H](NC(=O)OCC2c3ccccc3-c3ccccc32)C[C@H](O)CNC(=O)C2[C@@H](O)[C@@H](C)CN2C(=O)C([C@H](O)CC(N)=O)NC(=O)C([C@H](O)[C@@H](O)c2ccc(O)c(OS(=O)(=O)O)c2)NC(=O)C2C[C@@H](O)CN2C1=O. The maximum atomic E-state index is 14.6. The Balaban J connectivity index is 1.25. The van der Waals surface area contributed by atoms with E-state index in [1.54, 1.807) is 0 Å². The molecule has 30 heteroatoms. The molecule has 14 atom stereocenters. The van der Waals surface area contributed by atoms with Crippen LogP contribution in [-0.4, -0.2) is 210 Å². The predicted octanol–water partition coefficient (Wildman–Crippen LogP) is -5.00. The van der Waals surface area contributed by atoms with Crippen LogP contribution in [0.15, 0.2) is 66.7 Å². The van der Waals surface area contributed by atoms with Crippen molar-refractivity contribution in [3.63, 3.8) is 0 Å². The van der Waals surface area contributed by atoms with Gasteiger partial charge in [0.05, 0.1) is 36.9 Å². The largest absolute Gasteiger partial charge is 0.504 e. The zero-order valence-corrected chi connectivity index (χ0v) is 43.6. The Bertz CT molecular complexity index is 2940. The van der Waals surface area contributed by atoms with Gasteiger partial charge >= 0.3 is 16.5 Å². The summed E-state index contributed by atoms with van der Waals surface area (Å²) in [6.45, 7) is 0.309. The number of benzene rings is 3. The Morgan fingerprint density at radius 2 is 1.38 bits per heavy atom. The van der Waals surface area contributed by atoms with Crippen LogP contribution in [0.5, 0.6) is 11.5 Å². The van der Waals surface area contributed by atoms with Crippen LogP contribution in [0.4, 0.5) is 4.79 Å². The number of alkyl carbamates (subject to hydrolysis) is 1. The summed E-state index contributed by atoms with van der Waals surface area (Å²) < 4.78 is 42.3. The first-order valence-electron chi connectivity index (χ1n) is 25.1. The molecule has 434 valence electrons. The Morgan fingerprint density at radius 1 is 0.775 bits per heavy atom. The summed E-state index contributed by atoms with van der Waals surface area (Å²) in [5.41, 5.74) is 8.25. The monoisotopic (exact) mass is 1140 g/mol. The maximum absolute atomic E-state index is 14.6. The lowest BCUT2D eigenvalue weighted by atomic mass is 9.96. The van der Waals surface area contributed by atoms with Crippen LogP contribution >= 0.6 is 0 Å². The van der Waals surface area contributed by atoms with E-state index in [1.807, 2.05) is 48.5 Å². The van der Waals surface area contributed by atoms with Crippen molar-refractivity contribution in [2.45, 2.75) is 118 Å². The van der Waals surface area contributed by atoms with Crippen LogP contribution in [0.3, 0.4) is 0 Å². The molecule has 0 bridgehead atoms. The van der Waals surface area contributed by atoms with E-state index in [9.17, 15) is 92.2 Å². The summed E-state index contributed by atoms with van der Waals surface area (Å²) in [4.78, 5) is 114. The lowest BCUT2D eigenvalue weighted by Crippen LogP contribution is -2.64. The molecule has 16 N–H and O–H groups in total. The molecular weight excluding hydrogens is 1080 g/mol. The number of aromatic hydroxyl groups is 1. The Kier molecular flexibility index (Phi) is 18.7. The maximum Gasteiger partial charge on any atom is 0.446 e. The van der Waals surface area contributed by atoms with Crippen LogP contribution in [0.1, 0.15) is 61.8 Å². The number of ether oxygens (including phenoxy) is 1. The van der Waals surface area contributed by atoms with Crippen molar-refractivity contribution >= 4 is 57.8 Å². The van der Waals surface area contributed by atoms with Gasteiger partial charge in [-0.15, -0.1) is 0 Å². The highest BCUT2D eigenvalue weighted by Crippen LogP contribution is 2.44. The number of nitrogens with two attached hydrogens (primary N) is 1. The molecule has 3 aromatic rings. The molecule has 80 heavy (non-hydrogen) atoms. The number of aliphatic hydroxyl groups is 7. The van der Waals surface area contributed by atoms with E-state index in [4.69, 9.17) is 10.5 Å². The van der Waals surface area contributed by atoms with E-state index in [2.05, 4.69) is 30.8 Å². The zero-order chi connectivity index (χ0) is 58.7. The van der Waals surface area contributed by atoms with Crippen molar-refractivity contribution < 1.29 is 101 Å². The fraction of sp³-hybridized carbons (Fsp3) is 0.480. The molecule has 0 saturated carbocycles. The first-order valence-corrected chi connectivity index (χ1v) is 26.5. The quantitative estimate of drug-likeness (QED) is 0.0755. The molecule has 0 aromatic heterocycles. The molecule has 0 spiro atoms. The number of phenols is 1. The van der Waals surface area contributed by atoms with Crippen molar-refractivity contribution in [1.29, 1.82) is 0 Å². The van der Waals surface area contributed by atoms with E-state index < -0.39 is 205 Å². The molecule has 3 heterocycles. The highest BCUT2D eigenvalue weighted by atomic mass is 32.3.